The zero-order chi connectivity index (χ0) is 23.5. The van der Waals surface area contributed by atoms with Crippen LogP contribution in [0.1, 0.15) is 41.0 Å². The lowest BCUT2D eigenvalue weighted by molar-refractivity contribution is -0.162. The van der Waals surface area contributed by atoms with Gasteiger partial charge >= 0.3 is 5.97 Å². The first-order valence-electron chi connectivity index (χ1n) is 10.6. The minimum atomic E-state index is -0.806. The van der Waals surface area contributed by atoms with E-state index in [2.05, 4.69) is 0 Å². The molecule has 1 aliphatic rings. The predicted molar refractivity (Wildman–Crippen MR) is 115 cm³/mol. The van der Waals surface area contributed by atoms with Gasteiger partial charge in [-0.2, -0.15) is 0 Å². The Hall–Kier alpha value is -3.32. The molecule has 2 atom stereocenters. The van der Waals surface area contributed by atoms with Crippen LogP contribution in [0.2, 0.25) is 0 Å². The number of cyclic esters (lactones) is 1. The first-order valence-corrected chi connectivity index (χ1v) is 10.6. The summed E-state index contributed by atoms with van der Waals surface area (Å²) in [7, 11) is 0. The van der Waals surface area contributed by atoms with E-state index in [0.29, 0.717) is 28.0 Å². The molecule has 2 unspecified atom stereocenters. The predicted octanol–water partition coefficient (Wildman–Crippen LogP) is 5.04. The summed E-state index contributed by atoms with van der Waals surface area (Å²) in [5.74, 6) is -2.01. The third-order valence-electron chi connectivity index (χ3n) is 5.63. The standard InChI is InChI=1S/C26H23F3O4/c1-15-10-20(29)11-23(26(15)32-14-22-12-21(30)13-24(31)33-22)25(16-2-6-18(27)7-3-16)17-4-8-19(28)9-5-17/h2-11,21-22,25,30H,12-14H2,1H3. The van der Waals surface area contributed by atoms with Crippen molar-refractivity contribution in [3.8, 4) is 5.75 Å². The lowest BCUT2D eigenvalue weighted by Crippen LogP contribution is -2.36. The maximum atomic E-state index is 14.5. The summed E-state index contributed by atoms with van der Waals surface area (Å²) in [6.07, 6.45) is -1.27. The van der Waals surface area contributed by atoms with E-state index in [1.165, 1.54) is 36.4 Å². The first kappa shape index (κ1) is 22.9. The van der Waals surface area contributed by atoms with E-state index >= 15 is 0 Å². The normalized spacial score (nSPS) is 18.3. The van der Waals surface area contributed by atoms with Crippen LogP contribution in [0.25, 0.3) is 0 Å². The lowest BCUT2D eigenvalue weighted by atomic mass is 9.84. The molecule has 1 aliphatic heterocycles. The number of esters is 1. The number of carbonyl (C=O) groups excluding carboxylic acids is 1. The van der Waals surface area contributed by atoms with Crippen LogP contribution in [-0.2, 0) is 9.53 Å². The van der Waals surface area contributed by atoms with Gasteiger partial charge < -0.3 is 14.6 Å². The zero-order valence-electron chi connectivity index (χ0n) is 17.9. The highest BCUT2D eigenvalue weighted by Crippen LogP contribution is 2.40. The average Bonchev–Trinajstić information content (AvgIpc) is 2.75. The second kappa shape index (κ2) is 9.67. The zero-order valence-corrected chi connectivity index (χ0v) is 17.9. The lowest BCUT2D eigenvalue weighted by Gasteiger charge is -2.28. The summed E-state index contributed by atoms with van der Waals surface area (Å²) in [6.45, 7) is 1.66. The summed E-state index contributed by atoms with van der Waals surface area (Å²) in [5, 5.41) is 9.86. The molecule has 0 amide bonds. The molecule has 1 heterocycles. The van der Waals surface area contributed by atoms with Crippen molar-refractivity contribution in [3.63, 3.8) is 0 Å². The highest BCUT2D eigenvalue weighted by molar-refractivity contribution is 5.71. The van der Waals surface area contributed by atoms with E-state index < -0.39 is 41.5 Å². The van der Waals surface area contributed by atoms with Crippen LogP contribution >= 0.6 is 0 Å². The molecule has 0 aliphatic carbocycles. The third kappa shape index (κ3) is 5.37. The molecular formula is C26H23F3O4. The molecule has 0 aromatic heterocycles. The third-order valence-corrected chi connectivity index (χ3v) is 5.63. The Kier molecular flexibility index (Phi) is 6.70. The van der Waals surface area contributed by atoms with Crippen molar-refractivity contribution in [1.29, 1.82) is 0 Å². The van der Waals surface area contributed by atoms with E-state index in [0.717, 1.165) is 0 Å². The highest BCUT2D eigenvalue weighted by atomic mass is 19.1. The molecule has 7 heteroatoms. The van der Waals surface area contributed by atoms with Gasteiger partial charge in [0.1, 0.15) is 35.9 Å². The maximum absolute atomic E-state index is 14.5. The van der Waals surface area contributed by atoms with Crippen molar-refractivity contribution in [2.75, 3.05) is 6.61 Å². The smallest absolute Gasteiger partial charge is 0.308 e. The van der Waals surface area contributed by atoms with E-state index in [-0.39, 0.29) is 19.4 Å². The average molecular weight is 456 g/mol. The van der Waals surface area contributed by atoms with Crippen molar-refractivity contribution in [3.05, 3.63) is 100 Å². The van der Waals surface area contributed by atoms with Crippen molar-refractivity contribution in [2.24, 2.45) is 0 Å². The number of halogens is 3. The molecule has 172 valence electrons. The monoisotopic (exact) mass is 456 g/mol. The number of aryl methyl sites for hydroxylation is 1. The Balaban J connectivity index is 1.75. The Morgan fingerprint density at radius 3 is 2.09 bits per heavy atom. The van der Waals surface area contributed by atoms with Crippen molar-refractivity contribution in [2.45, 2.75) is 37.9 Å². The minimum absolute atomic E-state index is 0.0260. The van der Waals surface area contributed by atoms with Gasteiger partial charge in [-0.25, -0.2) is 13.2 Å². The first-order chi connectivity index (χ1) is 15.8. The van der Waals surface area contributed by atoms with E-state index in [1.54, 1.807) is 31.2 Å². The van der Waals surface area contributed by atoms with Crippen LogP contribution in [0.5, 0.6) is 5.75 Å². The van der Waals surface area contributed by atoms with E-state index in [4.69, 9.17) is 9.47 Å². The molecular weight excluding hydrogens is 433 g/mol. The summed E-state index contributed by atoms with van der Waals surface area (Å²) in [4.78, 5) is 11.7. The summed E-state index contributed by atoms with van der Waals surface area (Å²) >= 11 is 0. The molecule has 3 aromatic rings. The fraction of sp³-hybridized carbons (Fsp3) is 0.269. The van der Waals surface area contributed by atoms with Crippen LogP contribution in [-0.4, -0.2) is 29.9 Å². The molecule has 1 saturated heterocycles. The Morgan fingerprint density at radius 1 is 0.970 bits per heavy atom. The maximum Gasteiger partial charge on any atom is 0.308 e. The van der Waals surface area contributed by atoms with Crippen molar-refractivity contribution < 1.29 is 32.5 Å². The van der Waals surface area contributed by atoms with Crippen molar-refractivity contribution in [1.82, 2.24) is 0 Å². The molecule has 0 bridgehead atoms. The van der Waals surface area contributed by atoms with E-state index in [1.807, 2.05) is 0 Å². The van der Waals surface area contributed by atoms with Gasteiger partial charge in [0.2, 0.25) is 0 Å². The molecule has 1 N–H and O–H groups in total. The Labute approximate surface area is 189 Å². The molecule has 0 spiro atoms. The minimum Gasteiger partial charge on any atom is -0.489 e. The molecule has 4 rings (SSSR count). The Morgan fingerprint density at radius 2 is 1.55 bits per heavy atom. The molecule has 4 nitrogen and oxygen atoms in total. The van der Waals surface area contributed by atoms with Crippen LogP contribution in [0.15, 0.2) is 60.7 Å². The number of hydrogen-bond acceptors (Lipinski definition) is 4. The van der Waals surface area contributed by atoms with Gasteiger partial charge in [-0.3, -0.25) is 4.79 Å². The van der Waals surface area contributed by atoms with Gasteiger partial charge in [-0.1, -0.05) is 24.3 Å². The highest BCUT2D eigenvalue weighted by Gasteiger charge is 2.29. The largest absolute Gasteiger partial charge is 0.489 e. The molecule has 1 fully saturated rings. The van der Waals surface area contributed by atoms with Crippen LogP contribution < -0.4 is 4.74 Å². The van der Waals surface area contributed by atoms with Gasteiger partial charge in [0, 0.05) is 17.9 Å². The van der Waals surface area contributed by atoms with Crippen LogP contribution in [0.4, 0.5) is 13.2 Å². The van der Waals surface area contributed by atoms with Crippen molar-refractivity contribution >= 4 is 5.97 Å². The van der Waals surface area contributed by atoms with Gasteiger partial charge in [0.25, 0.3) is 0 Å². The van der Waals surface area contributed by atoms with Gasteiger partial charge in [-0.15, -0.1) is 0 Å². The van der Waals surface area contributed by atoms with Crippen LogP contribution in [0, 0.1) is 24.4 Å². The van der Waals surface area contributed by atoms with E-state index in [9.17, 15) is 23.1 Å². The second-order valence-corrected chi connectivity index (χ2v) is 8.19. The number of ether oxygens (including phenoxy) is 2. The number of aliphatic hydroxyl groups is 1. The van der Waals surface area contributed by atoms with Gasteiger partial charge in [-0.05, 0) is 60.0 Å². The fourth-order valence-electron chi connectivity index (χ4n) is 4.17. The number of benzene rings is 3. The van der Waals surface area contributed by atoms with Gasteiger partial charge in [0.05, 0.1) is 12.5 Å². The quantitative estimate of drug-likeness (QED) is 0.417. The molecule has 0 saturated carbocycles. The SMILES string of the molecule is Cc1cc(F)cc(C(c2ccc(F)cc2)c2ccc(F)cc2)c1OCC1CC(O)CC(=O)O1. The van der Waals surface area contributed by atoms with Gasteiger partial charge in [0.15, 0.2) is 0 Å². The molecule has 3 aromatic carbocycles. The van der Waals surface area contributed by atoms with Crippen LogP contribution in [0.3, 0.4) is 0 Å². The second-order valence-electron chi connectivity index (χ2n) is 8.19. The Bertz CT molecular complexity index is 1080. The summed E-state index contributed by atoms with van der Waals surface area (Å²) in [6, 6.07) is 14.2. The summed E-state index contributed by atoms with van der Waals surface area (Å²) < 4.78 is 53.0. The molecule has 0 radical (unpaired) electrons. The number of rotatable bonds is 6. The summed E-state index contributed by atoms with van der Waals surface area (Å²) in [5.41, 5.74) is 2.31. The fourth-order valence-corrected chi connectivity index (χ4v) is 4.17. The number of hydrogen-bond donors (Lipinski definition) is 1. The molecule has 33 heavy (non-hydrogen) atoms. The number of carbonyl (C=O) groups is 1. The number of aliphatic hydroxyl groups excluding tert-OH is 1. The topological polar surface area (TPSA) is 55.8 Å².